The molecule has 0 aliphatic carbocycles. The molecule has 4 N–H and O–H groups in total. The number of nitrogens with one attached hydrogen (secondary N) is 1. The molecule has 8 heteroatoms. The van der Waals surface area contributed by atoms with Gasteiger partial charge >= 0.3 is 0 Å². The van der Waals surface area contributed by atoms with Crippen LogP contribution in [0.15, 0.2) is 23.1 Å². The Kier molecular flexibility index (Phi) is 4.01. The number of rotatable bonds is 4. The zero-order valence-electron chi connectivity index (χ0n) is 11.0. The van der Waals surface area contributed by atoms with Gasteiger partial charge in [0.15, 0.2) is 0 Å². The van der Waals surface area contributed by atoms with Crippen molar-refractivity contribution in [3.05, 3.63) is 24.0 Å². The van der Waals surface area contributed by atoms with Crippen molar-refractivity contribution in [3.8, 4) is 0 Å². The first-order chi connectivity index (χ1) is 9.24. The third kappa shape index (κ3) is 2.93. The lowest BCUT2D eigenvalue weighted by Crippen LogP contribution is -2.47. The summed E-state index contributed by atoms with van der Waals surface area (Å²) in [7, 11) is -3.99. The Hall–Kier alpha value is -1.22. The Morgan fingerprint density at radius 3 is 2.90 bits per heavy atom. The van der Waals surface area contributed by atoms with E-state index in [1.54, 1.807) is 6.92 Å². The van der Waals surface area contributed by atoms with E-state index in [1.807, 2.05) is 0 Å². The molecule has 0 bridgehead atoms. The fraction of sp³-hybridized carbons (Fsp3) is 0.500. The summed E-state index contributed by atoms with van der Waals surface area (Å²) in [6.07, 6.45) is -0.148. The summed E-state index contributed by atoms with van der Waals surface area (Å²) < 4.78 is 44.8. The molecular weight excluding hydrogens is 287 g/mol. The zero-order valence-corrected chi connectivity index (χ0v) is 11.8. The first-order valence-electron chi connectivity index (χ1n) is 6.13. The van der Waals surface area contributed by atoms with Gasteiger partial charge in [-0.15, -0.1) is 0 Å². The molecule has 1 saturated heterocycles. The Morgan fingerprint density at radius 1 is 1.60 bits per heavy atom. The molecule has 2 rings (SSSR count). The number of nitrogens with two attached hydrogens (primary N) is 1. The zero-order chi connectivity index (χ0) is 15.0. The number of hydrogen-bond acceptors (Lipinski definition) is 5. The van der Waals surface area contributed by atoms with Crippen LogP contribution >= 0.6 is 0 Å². The standard InChI is InChI=1S/C12H17FN2O4S/c1-8-12(16,4-5-19-8)7-15-20(17,18)11-6-9(13)2-3-10(11)14/h2-3,6,8,15-16H,4-5,7,14H2,1H3. The molecule has 0 amide bonds. The molecule has 6 nitrogen and oxygen atoms in total. The number of sulfonamides is 1. The number of aliphatic hydroxyl groups is 1. The van der Waals surface area contributed by atoms with Gasteiger partial charge in [-0.1, -0.05) is 0 Å². The van der Waals surface area contributed by atoms with Crippen molar-refractivity contribution >= 4 is 15.7 Å². The van der Waals surface area contributed by atoms with Crippen molar-refractivity contribution in [2.75, 3.05) is 18.9 Å². The van der Waals surface area contributed by atoms with E-state index in [0.29, 0.717) is 13.0 Å². The first kappa shape index (κ1) is 15.2. The van der Waals surface area contributed by atoms with E-state index in [9.17, 15) is 17.9 Å². The average molecular weight is 304 g/mol. The van der Waals surface area contributed by atoms with Crippen LogP contribution in [0.1, 0.15) is 13.3 Å². The average Bonchev–Trinajstić information content (AvgIpc) is 2.71. The Labute approximate surface area is 116 Å². The molecule has 0 saturated carbocycles. The first-order valence-corrected chi connectivity index (χ1v) is 7.62. The highest BCUT2D eigenvalue weighted by molar-refractivity contribution is 7.89. The number of halogens is 1. The molecule has 2 unspecified atom stereocenters. The van der Waals surface area contributed by atoms with E-state index >= 15 is 0 Å². The van der Waals surface area contributed by atoms with Crippen molar-refractivity contribution in [1.29, 1.82) is 0 Å². The summed E-state index contributed by atoms with van der Waals surface area (Å²) in [6, 6.07) is 3.10. The minimum absolute atomic E-state index is 0.0541. The van der Waals surface area contributed by atoms with Gasteiger partial charge in [-0.25, -0.2) is 17.5 Å². The summed E-state index contributed by atoms with van der Waals surface area (Å²) in [5.41, 5.74) is 4.22. The number of nitrogen functional groups attached to an aromatic ring is 1. The van der Waals surface area contributed by atoms with Crippen molar-refractivity contribution in [1.82, 2.24) is 4.72 Å². The highest BCUT2D eigenvalue weighted by Crippen LogP contribution is 2.26. The highest BCUT2D eigenvalue weighted by atomic mass is 32.2. The van der Waals surface area contributed by atoms with Crippen LogP contribution in [0.5, 0.6) is 0 Å². The minimum atomic E-state index is -3.99. The normalized spacial score (nSPS) is 26.9. The molecule has 2 atom stereocenters. The Balaban J connectivity index is 2.18. The number of ether oxygens (including phenoxy) is 1. The molecule has 1 heterocycles. The molecule has 1 aromatic rings. The van der Waals surface area contributed by atoms with Crippen molar-refractivity contribution in [2.24, 2.45) is 0 Å². The second kappa shape index (κ2) is 5.28. The van der Waals surface area contributed by atoms with Crippen LogP contribution in [0.3, 0.4) is 0 Å². The maximum absolute atomic E-state index is 13.1. The maximum Gasteiger partial charge on any atom is 0.242 e. The molecule has 0 radical (unpaired) electrons. The van der Waals surface area contributed by atoms with Crippen LogP contribution in [0.2, 0.25) is 0 Å². The highest BCUT2D eigenvalue weighted by Gasteiger charge is 2.40. The van der Waals surface area contributed by atoms with Gasteiger partial charge in [-0.3, -0.25) is 0 Å². The molecule has 1 aliphatic heterocycles. The fourth-order valence-corrected chi connectivity index (χ4v) is 3.28. The van der Waals surface area contributed by atoms with Crippen LogP contribution in [0.4, 0.5) is 10.1 Å². The van der Waals surface area contributed by atoms with Crippen LogP contribution in [-0.4, -0.2) is 38.4 Å². The second-order valence-electron chi connectivity index (χ2n) is 4.87. The van der Waals surface area contributed by atoms with E-state index in [-0.39, 0.29) is 17.1 Å². The van der Waals surface area contributed by atoms with E-state index in [1.165, 1.54) is 6.07 Å². The lowest BCUT2D eigenvalue weighted by Gasteiger charge is -2.26. The van der Waals surface area contributed by atoms with Crippen LogP contribution in [0, 0.1) is 5.82 Å². The monoisotopic (exact) mass is 304 g/mol. The largest absolute Gasteiger partial charge is 0.398 e. The van der Waals surface area contributed by atoms with Crippen LogP contribution in [-0.2, 0) is 14.8 Å². The molecule has 0 aromatic heterocycles. The number of hydrogen-bond donors (Lipinski definition) is 3. The van der Waals surface area contributed by atoms with Crippen LogP contribution in [0.25, 0.3) is 0 Å². The van der Waals surface area contributed by atoms with Gasteiger partial charge in [-0.05, 0) is 25.1 Å². The third-order valence-corrected chi connectivity index (χ3v) is 4.95. The molecule has 1 aliphatic rings. The summed E-state index contributed by atoms with van der Waals surface area (Å²) in [6.45, 7) is 1.81. The summed E-state index contributed by atoms with van der Waals surface area (Å²) in [5, 5.41) is 10.2. The molecule has 1 aromatic carbocycles. The quantitative estimate of drug-likeness (QED) is 0.691. The Bertz CT molecular complexity index is 607. The van der Waals surface area contributed by atoms with Crippen molar-refractivity contribution in [3.63, 3.8) is 0 Å². The van der Waals surface area contributed by atoms with Gasteiger partial charge in [0.25, 0.3) is 0 Å². The summed E-state index contributed by atoms with van der Waals surface area (Å²) in [4.78, 5) is -0.340. The molecule has 0 spiro atoms. The van der Waals surface area contributed by atoms with Crippen molar-refractivity contribution < 1.29 is 22.7 Å². The topological polar surface area (TPSA) is 102 Å². The smallest absolute Gasteiger partial charge is 0.242 e. The predicted octanol–water partition coefficient (Wildman–Crippen LogP) is 0.226. The minimum Gasteiger partial charge on any atom is -0.398 e. The van der Waals surface area contributed by atoms with E-state index in [4.69, 9.17) is 10.5 Å². The summed E-state index contributed by atoms with van der Waals surface area (Å²) in [5.74, 6) is -0.698. The van der Waals surface area contributed by atoms with Gasteiger partial charge in [-0.2, -0.15) is 0 Å². The summed E-state index contributed by atoms with van der Waals surface area (Å²) >= 11 is 0. The fourth-order valence-electron chi connectivity index (χ4n) is 2.04. The van der Waals surface area contributed by atoms with E-state index in [2.05, 4.69) is 4.72 Å². The number of anilines is 1. The molecular formula is C12H17FN2O4S. The second-order valence-corrected chi connectivity index (χ2v) is 6.61. The lowest BCUT2D eigenvalue weighted by atomic mass is 9.97. The number of benzene rings is 1. The van der Waals surface area contributed by atoms with Gasteiger partial charge in [0.1, 0.15) is 16.3 Å². The Morgan fingerprint density at radius 2 is 2.30 bits per heavy atom. The molecule has 112 valence electrons. The SMILES string of the molecule is CC1OCCC1(O)CNS(=O)(=O)c1cc(F)ccc1N. The van der Waals surface area contributed by atoms with E-state index < -0.39 is 27.5 Å². The molecule has 1 fully saturated rings. The van der Waals surface area contributed by atoms with Gasteiger partial charge in [0.05, 0.1) is 11.8 Å². The van der Waals surface area contributed by atoms with Gasteiger partial charge < -0.3 is 15.6 Å². The van der Waals surface area contributed by atoms with Crippen LogP contribution < -0.4 is 10.5 Å². The third-order valence-electron chi connectivity index (χ3n) is 3.49. The molecule has 20 heavy (non-hydrogen) atoms. The van der Waals surface area contributed by atoms with Gasteiger partial charge in [0.2, 0.25) is 10.0 Å². The maximum atomic E-state index is 13.1. The predicted molar refractivity (Wildman–Crippen MR) is 71.0 cm³/mol. The van der Waals surface area contributed by atoms with E-state index in [0.717, 1.165) is 12.1 Å². The lowest BCUT2D eigenvalue weighted by molar-refractivity contribution is -0.0228. The van der Waals surface area contributed by atoms with Gasteiger partial charge in [0, 0.05) is 19.6 Å². The van der Waals surface area contributed by atoms with Crippen molar-refractivity contribution in [2.45, 2.75) is 29.9 Å².